The second kappa shape index (κ2) is 5.61. The summed E-state index contributed by atoms with van der Waals surface area (Å²) in [7, 11) is 0. The van der Waals surface area contributed by atoms with Crippen molar-refractivity contribution in [2.45, 2.75) is 31.9 Å². The number of hydrogen-bond acceptors (Lipinski definition) is 4. The highest BCUT2D eigenvalue weighted by atomic mass is 16.5. The fourth-order valence-corrected chi connectivity index (χ4v) is 0.783. The molecule has 0 aromatic rings. The fourth-order valence-electron chi connectivity index (χ4n) is 0.783. The predicted molar refractivity (Wildman–Crippen MR) is 36.7 cm³/mol. The Morgan fingerprint density at radius 2 is 2.10 bits per heavy atom. The van der Waals surface area contributed by atoms with Crippen LogP contribution in [0.1, 0.15) is 19.8 Å². The molecule has 0 aliphatic carbocycles. The molecule has 62 valence electrons. The van der Waals surface area contributed by atoms with Crippen molar-refractivity contribution in [3.05, 3.63) is 0 Å². The summed E-state index contributed by atoms with van der Waals surface area (Å²) in [4.78, 5) is 0. The van der Waals surface area contributed by atoms with E-state index in [0.29, 0.717) is 12.8 Å². The maximum atomic E-state index is 9.13. The number of nitrogens with one attached hydrogen (secondary N) is 1. The van der Waals surface area contributed by atoms with Gasteiger partial charge in [0, 0.05) is 6.61 Å². The van der Waals surface area contributed by atoms with Crippen LogP contribution in [0.5, 0.6) is 0 Å². The Labute approximate surface area is 60.5 Å². The molecule has 0 rings (SSSR count). The van der Waals surface area contributed by atoms with Gasteiger partial charge in [-0.1, -0.05) is 6.92 Å². The lowest BCUT2D eigenvalue weighted by molar-refractivity contribution is 0.0256. The molecule has 0 saturated heterocycles. The van der Waals surface area contributed by atoms with Crippen LogP contribution in [0.25, 0.3) is 0 Å². The summed E-state index contributed by atoms with van der Waals surface area (Å²) in [5.41, 5.74) is 1.98. The standard InChI is InChI=1S/C6H15NO3/c1-2-5(7-10)6(9)3-4-8/h5-10H,2-4H2,1H3. The second-order valence-corrected chi connectivity index (χ2v) is 2.22. The molecule has 0 aromatic carbocycles. The Morgan fingerprint density at radius 1 is 1.50 bits per heavy atom. The highest BCUT2D eigenvalue weighted by Gasteiger charge is 2.14. The molecule has 2 unspecified atom stereocenters. The molecule has 0 aromatic heterocycles. The first-order chi connectivity index (χ1) is 4.76. The van der Waals surface area contributed by atoms with Gasteiger partial charge < -0.3 is 15.4 Å². The molecule has 0 bridgehead atoms. The van der Waals surface area contributed by atoms with Gasteiger partial charge >= 0.3 is 0 Å². The Morgan fingerprint density at radius 3 is 2.40 bits per heavy atom. The number of aliphatic hydroxyl groups is 2. The van der Waals surface area contributed by atoms with E-state index in [9.17, 15) is 0 Å². The summed E-state index contributed by atoms with van der Waals surface area (Å²) < 4.78 is 0. The van der Waals surface area contributed by atoms with Crippen LogP contribution in [-0.2, 0) is 0 Å². The minimum absolute atomic E-state index is 0.0562. The van der Waals surface area contributed by atoms with Crippen LogP contribution >= 0.6 is 0 Å². The van der Waals surface area contributed by atoms with Crippen molar-refractivity contribution in [2.75, 3.05) is 6.61 Å². The predicted octanol–water partition coefficient (Wildman–Crippen LogP) is -0.513. The van der Waals surface area contributed by atoms with Crippen molar-refractivity contribution in [3.63, 3.8) is 0 Å². The third kappa shape index (κ3) is 3.12. The largest absolute Gasteiger partial charge is 0.396 e. The molecule has 0 saturated carbocycles. The van der Waals surface area contributed by atoms with Crippen molar-refractivity contribution in [2.24, 2.45) is 0 Å². The summed E-state index contributed by atoms with van der Waals surface area (Å²) in [6.45, 7) is 1.79. The number of hydrogen-bond donors (Lipinski definition) is 4. The molecule has 0 aliphatic heterocycles. The maximum Gasteiger partial charge on any atom is 0.0737 e. The first kappa shape index (κ1) is 9.84. The molecule has 0 aliphatic rings. The van der Waals surface area contributed by atoms with Crippen molar-refractivity contribution >= 4 is 0 Å². The van der Waals surface area contributed by atoms with E-state index in [1.165, 1.54) is 0 Å². The topological polar surface area (TPSA) is 72.7 Å². The highest BCUT2D eigenvalue weighted by molar-refractivity contribution is 4.69. The molecule has 0 spiro atoms. The Bertz CT molecular complexity index is 75.4. The van der Waals surface area contributed by atoms with Gasteiger partial charge in [-0.25, -0.2) is 0 Å². The summed E-state index contributed by atoms with van der Waals surface area (Å²) in [5.74, 6) is 0. The van der Waals surface area contributed by atoms with E-state index in [4.69, 9.17) is 15.4 Å². The lowest BCUT2D eigenvalue weighted by Crippen LogP contribution is -2.37. The average Bonchev–Trinajstić information content (AvgIpc) is 1.91. The van der Waals surface area contributed by atoms with Crippen LogP contribution in [0.4, 0.5) is 0 Å². The van der Waals surface area contributed by atoms with Gasteiger partial charge in [0.1, 0.15) is 0 Å². The third-order valence-corrected chi connectivity index (χ3v) is 1.49. The van der Waals surface area contributed by atoms with Crippen LogP contribution in [-0.4, -0.2) is 34.2 Å². The van der Waals surface area contributed by atoms with Gasteiger partial charge in [0.15, 0.2) is 0 Å². The van der Waals surface area contributed by atoms with E-state index >= 15 is 0 Å². The Kier molecular flexibility index (Phi) is 5.52. The molecule has 0 fully saturated rings. The van der Waals surface area contributed by atoms with E-state index in [1.807, 2.05) is 12.4 Å². The molecule has 2 atom stereocenters. The number of hydroxylamine groups is 1. The minimum Gasteiger partial charge on any atom is -0.396 e. The zero-order valence-corrected chi connectivity index (χ0v) is 6.12. The zero-order chi connectivity index (χ0) is 7.98. The molecule has 4 heteroatoms. The molecule has 0 heterocycles. The van der Waals surface area contributed by atoms with E-state index in [2.05, 4.69) is 0 Å². The molecule has 4 nitrogen and oxygen atoms in total. The smallest absolute Gasteiger partial charge is 0.0737 e. The van der Waals surface area contributed by atoms with Crippen molar-refractivity contribution < 1.29 is 15.4 Å². The van der Waals surface area contributed by atoms with E-state index < -0.39 is 6.10 Å². The fraction of sp³-hybridized carbons (Fsp3) is 1.00. The lowest BCUT2D eigenvalue weighted by atomic mass is 10.1. The van der Waals surface area contributed by atoms with Gasteiger partial charge in [0.2, 0.25) is 0 Å². The summed E-state index contributed by atoms with van der Waals surface area (Å²) in [5, 5.41) is 26.0. The molecule has 10 heavy (non-hydrogen) atoms. The summed E-state index contributed by atoms with van der Waals surface area (Å²) >= 11 is 0. The normalized spacial score (nSPS) is 16.8. The van der Waals surface area contributed by atoms with Crippen LogP contribution in [0.3, 0.4) is 0 Å². The molecular weight excluding hydrogens is 134 g/mol. The summed E-state index contributed by atoms with van der Waals surface area (Å²) in [6, 6.07) is -0.327. The quantitative estimate of drug-likeness (QED) is 0.397. The minimum atomic E-state index is -0.667. The molecule has 0 amide bonds. The number of aliphatic hydroxyl groups excluding tert-OH is 2. The van der Waals surface area contributed by atoms with Crippen molar-refractivity contribution in [1.29, 1.82) is 0 Å². The lowest BCUT2D eigenvalue weighted by Gasteiger charge is -2.18. The van der Waals surface area contributed by atoms with Gasteiger partial charge in [0.25, 0.3) is 0 Å². The van der Waals surface area contributed by atoms with Crippen LogP contribution in [0.15, 0.2) is 0 Å². The SMILES string of the molecule is CCC(NO)C(O)CCO. The summed E-state index contributed by atoms with van der Waals surface area (Å²) in [6.07, 6.45) is 0.268. The average molecular weight is 149 g/mol. The van der Waals surface area contributed by atoms with Crippen molar-refractivity contribution in [1.82, 2.24) is 5.48 Å². The van der Waals surface area contributed by atoms with Crippen LogP contribution in [0, 0.1) is 0 Å². The van der Waals surface area contributed by atoms with Gasteiger partial charge in [0.05, 0.1) is 12.1 Å². The van der Waals surface area contributed by atoms with Gasteiger partial charge in [-0.2, -0.15) is 5.48 Å². The molecular formula is C6H15NO3. The zero-order valence-electron chi connectivity index (χ0n) is 6.12. The van der Waals surface area contributed by atoms with Crippen LogP contribution < -0.4 is 5.48 Å². The van der Waals surface area contributed by atoms with E-state index in [-0.39, 0.29) is 12.6 Å². The third-order valence-electron chi connectivity index (χ3n) is 1.49. The number of rotatable bonds is 5. The Balaban J connectivity index is 3.53. The maximum absolute atomic E-state index is 9.13. The van der Waals surface area contributed by atoms with Gasteiger partial charge in [-0.05, 0) is 12.8 Å². The van der Waals surface area contributed by atoms with E-state index in [1.54, 1.807) is 0 Å². The van der Waals surface area contributed by atoms with Crippen LogP contribution in [0.2, 0.25) is 0 Å². The molecule has 0 radical (unpaired) electrons. The van der Waals surface area contributed by atoms with E-state index in [0.717, 1.165) is 0 Å². The monoisotopic (exact) mass is 149 g/mol. The Hall–Kier alpha value is -0.160. The first-order valence-electron chi connectivity index (χ1n) is 3.44. The first-order valence-corrected chi connectivity index (χ1v) is 3.44. The molecule has 4 N–H and O–H groups in total. The van der Waals surface area contributed by atoms with Crippen molar-refractivity contribution in [3.8, 4) is 0 Å². The second-order valence-electron chi connectivity index (χ2n) is 2.22. The van der Waals surface area contributed by atoms with Gasteiger partial charge in [-0.3, -0.25) is 0 Å². The highest BCUT2D eigenvalue weighted by Crippen LogP contribution is 2.01. The van der Waals surface area contributed by atoms with Gasteiger partial charge in [-0.15, -0.1) is 0 Å².